The van der Waals surface area contributed by atoms with Crippen LogP contribution in [0.15, 0.2) is 30.9 Å². The minimum atomic E-state index is 0.292. The molecule has 0 saturated heterocycles. The topological polar surface area (TPSA) is 30.5 Å². The predicted octanol–water partition coefficient (Wildman–Crippen LogP) is 4.10. The molecule has 1 aromatic rings. The summed E-state index contributed by atoms with van der Waals surface area (Å²) in [4.78, 5) is 0. The molecule has 0 spiro atoms. The van der Waals surface area contributed by atoms with Crippen molar-refractivity contribution < 1.29 is 9.47 Å². The Bertz CT molecular complexity index is 404. The fourth-order valence-corrected chi connectivity index (χ4v) is 2.34. The number of allylic oxidation sites excluding steroid dienone is 1. The van der Waals surface area contributed by atoms with Gasteiger partial charge in [-0.05, 0) is 38.3 Å². The van der Waals surface area contributed by atoms with E-state index in [-0.39, 0.29) is 0 Å². The number of methoxy groups -OCH3 is 2. The first kappa shape index (κ1) is 16.6. The monoisotopic (exact) mass is 277 g/mol. The zero-order chi connectivity index (χ0) is 14.8. The minimum absolute atomic E-state index is 0.292. The second kappa shape index (κ2) is 9.43. The Balaban J connectivity index is 2.95. The molecule has 0 fully saturated rings. The maximum absolute atomic E-state index is 5.55. The van der Waals surface area contributed by atoms with E-state index >= 15 is 0 Å². The maximum atomic E-state index is 5.55. The van der Waals surface area contributed by atoms with Crippen molar-refractivity contribution in [1.82, 2.24) is 5.32 Å². The number of hydrogen-bond acceptors (Lipinski definition) is 3. The number of rotatable bonds is 10. The first-order valence-corrected chi connectivity index (χ1v) is 7.33. The lowest BCUT2D eigenvalue weighted by Gasteiger charge is -2.22. The summed E-state index contributed by atoms with van der Waals surface area (Å²) in [5.74, 6) is 1.62. The van der Waals surface area contributed by atoms with E-state index in [4.69, 9.17) is 9.47 Å². The Morgan fingerprint density at radius 3 is 2.70 bits per heavy atom. The molecule has 112 valence electrons. The molecule has 1 unspecified atom stereocenters. The molecule has 0 heterocycles. The van der Waals surface area contributed by atoms with Crippen molar-refractivity contribution in [2.24, 2.45) is 0 Å². The number of unbranched alkanes of at least 4 members (excludes halogenated alkanes) is 1. The van der Waals surface area contributed by atoms with Crippen LogP contribution in [0.25, 0.3) is 0 Å². The fraction of sp³-hybridized carbons (Fsp3) is 0.529. The standard InChI is InChI=1S/C17H27NO2/c1-5-7-8-11-15(18-13-6-2)14-10-9-12-16(19-3)17(14)20-4/h5,9-10,12,15,18H,1,6-8,11,13H2,2-4H3. The molecule has 0 radical (unpaired) electrons. The average Bonchev–Trinajstić information content (AvgIpc) is 2.49. The molecular formula is C17H27NO2. The zero-order valence-corrected chi connectivity index (χ0v) is 12.9. The molecule has 3 heteroatoms. The first-order chi connectivity index (χ1) is 9.78. The number of benzene rings is 1. The summed E-state index contributed by atoms with van der Waals surface area (Å²) in [5.41, 5.74) is 1.17. The third kappa shape index (κ3) is 4.57. The van der Waals surface area contributed by atoms with Crippen molar-refractivity contribution in [2.75, 3.05) is 20.8 Å². The van der Waals surface area contributed by atoms with Gasteiger partial charge in [-0.1, -0.05) is 25.1 Å². The quantitative estimate of drug-likeness (QED) is 0.516. The second-order valence-corrected chi connectivity index (χ2v) is 4.81. The number of hydrogen-bond donors (Lipinski definition) is 1. The lowest BCUT2D eigenvalue weighted by Crippen LogP contribution is -2.22. The molecule has 1 atom stereocenters. The predicted molar refractivity (Wildman–Crippen MR) is 84.6 cm³/mol. The third-order valence-electron chi connectivity index (χ3n) is 3.35. The molecule has 1 rings (SSSR count). The fourth-order valence-electron chi connectivity index (χ4n) is 2.34. The highest BCUT2D eigenvalue weighted by atomic mass is 16.5. The van der Waals surface area contributed by atoms with Crippen LogP contribution in [0.4, 0.5) is 0 Å². The highest BCUT2D eigenvalue weighted by molar-refractivity contribution is 5.48. The number of para-hydroxylation sites is 1. The Hall–Kier alpha value is -1.48. The van der Waals surface area contributed by atoms with Crippen LogP contribution in [0.1, 0.15) is 44.2 Å². The molecule has 1 aromatic carbocycles. The van der Waals surface area contributed by atoms with E-state index in [1.54, 1.807) is 14.2 Å². The molecule has 0 saturated carbocycles. The van der Waals surface area contributed by atoms with Gasteiger partial charge >= 0.3 is 0 Å². The summed E-state index contributed by atoms with van der Waals surface area (Å²) < 4.78 is 10.9. The Morgan fingerprint density at radius 2 is 2.10 bits per heavy atom. The van der Waals surface area contributed by atoms with Crippen molar-refractivity contribution in [3.8, 4) is 11.5 Å². The van der Waals surface area contributed by atoms with Gasteiger partial charge in [0.25, 0.3) is 0 Å². The average molecular weight is 277 g/mol. The van der Waals surface area contributed by atoms with Gasteiger partial charge in [0.1, 0.15) is 0 Å². The van der Waals surface area contributed by atoms with E-state index < -0.39 is 0 Å². The number of ether oxygens (including phenoxy) is 2. The first-order valence-electron chi connectivity index (χ1n) is 7.33. The van der Waals surface area contributed by atoms with Crippen molar-refractivity contribution in [3.05, 3.63) is 36.4 Å². The van der Waals surface area contributed by atoms with Crippen LogP contribution >= 0.6 is 0 Å². The van der Waals surface area contributed by atoms with Gasteiger partial charge in [-0.2, -0.15) is 0 Å². The summed E-state index contributed by atoms with van der Waals surface area (Å²) in [7, 11) is 3.37. The molecular weight excluding hydrogens is 250 g/mol. The molecule has 3 nitrogen and oxygen atoms in total. The SMILES string of the molecule is C=CCCCC(NCCC)c1cccc(OC)c1OC. The van der Waals surface area contributed by atoms with E-state index in [9.17, 15) is 0 Å². The smallest absolute Gasteiger partial charge is 0.165 e. The maximum Gasteiger partial charge on any atom is 0.165 e. The van der Waals surface area contributed by atoms with E-state index in [0.717, 1.165) is 43.7 Å². The molecule has 20 heavy (non-hydrogen) atoms. The van der Waals surface area contributed by atoms with Crippen LogP contribution in [0.3, 0.4) is 0 Å². The van der Waals surface area contributed by atoms with E-state index in [1.165, 1.54) is 5.56 Å². The van der Waals surface area contributed by atoms with Gasteiger partial charge in [-0.25, -0.2) is 0 Å². The van der Waals surface area contributed by atoms with Crippen LogP contribution in [0.2, 0.25) is 0 Å². The highest BCUT2D eigenvalue weighted by Gasteiger charge is 2.18. The summed E-state index contributed by atoms with van der Waals surface area (Å²) in [6, 6.07) is 6.36. The summed E-state index contributed by atoms with van der Waals surface area (Å²) in [6.07, 6.45) is 6.31. The third-order valence-corrected chi connectivity index (χ3v) is 3.35. The van der Waals surface area contributed by atoms with E-state index in [1.807, 2.05) is 18.2 Å². The van der Waals surface area contributed by atoms with Crippen LogP contribution in [0, 0.1) is 0 Å². The molecule has 0 bridgehead atoms. The second-order valence-electron chi connectivity index (χ2n) is 4.81. The van der Waals surface area contributed by atoms with Gasteiger partial charge in [0.2, 0.25) is 0 Å². The van der Waals surface area contributed by atoms with Crippen LogP contribution in [-0.4, -0.2) is 20.8 Å². The lowest BCUT2D eigenvalue weighted by atomic mass is 9.99. The van der Waals surface area contributed by atoms with E-state index in [2.05, 4.69) is 24.9 Å². The van der Waals surface area contributed by atoms with Crippen molar-refractivity contribution in [3.63, 3.8) is 0 Å². The Morgan fingerprint density at radius 1 is 1.30 bits per heavy atom. The zero-order valence-electron chi connectivity index (χ0n) is 12.9. The molecule has 1 N–H and O–H groups in total. The Kier molecular flexibility index (Phi) is 7.81. The minimum Gasteiger partial charge on any atom is -0.493 e. The summed E-state index contributed by atoms with van der Waals surface area (Å²) in [6.45, 7) is 6.96. The molecule has 0 aliphatic carbocycles. The largest absolute Gasteiger partial charge is 0.493 e. The van der Waals surface area contributed by atoms with Gasteiger partial charge < -0.3 is 14.8 Å². The highest BCUT2D eigenvalue weighted by Crippen LogP contribution is 2.36. The molecule has 0 aliphatic heterocycles. The van der Waals surface area contributed by atoms with E-state index in [0.29, 0.717) is 6.04 Å². The van der Waals surface area contributed by atoms with Gasteiger partial charge in [0.05, 0.1) is 14.2 Å². The van der Waals surface area contributed by atoms with Gasteiger partial charge in [-0.15, -0.1) is 6.58 Å². The lowest BCUT2D eigenvalue weighted by molar-refractivity contribution is 0.344. The summed E-state index contributed by atoms with van der Waals surface area (Å²) >= 11 is 0. The van der Waals surface area contributed by atoms with Crippen LogP contribution in [-0.2, 0) is 0 Å². The van der Waals surface area contributed by atoms with Gasteiger partial charge in [-0.3, -0.25) is 0 Å². The van der Waals surface area contributed by atoms with Crippen LogP contribution < -0.4 is 14.8 Å². The molecule has 0 aliphatic rings. The normalized spacial score (nSPS) is 11.9. The van der Waals surface area contributed by atoms with Gasteiger partial charge in [0, 0.05) is 11.6 Å². The Labute approximate surface area is 123 Å². The van der Waals surface area contributed by atoms with Crippen molar-refractivity contribution in [2.45, 2.75) is 38.6 Å². The van der Waals surface area contributed by atoms with Gasteiger partial charge in [0.15, 0.2) is 11.5 Å². The number of nitrogens with one attached hydrogen (secondary N) is 1. The summed E-state index contributed by atoms with van der Waals surface area (Å²) in [5, 5.41) is 3.60. The molecule has 0 aromatic heterocycles. The van der Waals surface area contributed by atoms with Crippen molar-refractivity contribution >= 4 is 0 Å². The molecule has 0 amide bonds. The van der Waals surface area contributed by atoms with Crippen molar-refractivity contribution in [1.29, 1.82) is 0 Å². The van der Waals surface area contributed by atoms with Crippen LogP contribution in [0.5, 0.6) is 11.5 Å².